The van der Waals surface area contributed by atoms with E-state index < -0.39 is 12.0 Å². The number of fused-ring (bicyclic) bond motifs is 1. The molecule has 4 heterocycles. The van der Waals surface area contributed by atoms with Crippen LogP contribution in [0.3, 0.4) is 0 Å². The molecule has 1 fully saturated rings. The van der Waals surface area contributed by atoms with Gasteiger partial charge in [-0.3, -0.25) is 4.79 Å². The zero-order valence-electron chi connectivity index (χ0n) is 19.3. The lowest BCUT2D eigenvalue weighted by atomic mass is 10.0. The van der Waals surface area contributed by atoms with Crippen LogP contribution in [0.25, 0.3) is 4.95 Å². The number of methoxy groups -OCH3 is 1. The molecule has 1 saturated heterocycles. The van der Waals surface area contributed by atoms with Crippen molar-refractivity contribution in [2.75, 3.05) is 38.6 Å². The van der Waals surface area contributed by atoms with Gasteiger partial charge in [0.25, 0.3) is 5.96 Å². The van der Waals surface area contributed by atoms with Gasteiger partial charge >= 0.3 is 5.97 Å². The monoisotopic (exact) mass is 463 g/mol. The van der Waals surface area contributed by atoms with Crippen molar-refractivity contribution in [3.8, 4) is 5.88 Å². The molecule has 178 valence electrons. The zero-order valence-corrected chi connectivity index (χ0v) is 19.3. The highest BCUT2D eigenvalue weighted by atomic mass is 16.5. The topological polar surface area (TPSA) is 108 Å². The maximum absolute atomic E-state index is 11.6. The fraction of sp³-hybridized carbons (Fsp3) is 0.458. The van der Waals surface area contributed by atoms with Crippen LogP contribution in [0.15, 0.2) is 35.6 Å². The van der Waals surface area contributed by atoms with Crippen molar-refractivity contribution in [1.82, 2.24) is 19.8 Å². The van der Waals surface area contributed by atoms with E-state index >= 15 is 0 Å². The number of hydrogen-bond donors (Lipinski definition) is 2. The Morgan fingerprint density at radius 3 is 2.97 bits per heavy atom. The first-order valence-electron chi connectivity index (χ1n) is 11.5. The highest BCUT2D eigenvalue weighted by Gasteiger charge is 2.36. The quantitative estimate of drug-likeness (QED) is 0.432. The van der Waals surface area contributed by atoms with Gasteiger partial charge in [-0.05, 0) is 42.9 Å². The van der Waals surface area contributed by atoms with Gasteiger partial charge in [0, 0.05) is 44.1 Å². The molecule has 2 N–H and O–H groups in total. The van der Waals surface area contributed by atoms with Crippen molar-refractivity contribution in [1.29, 1.82) is 0 Å². The number of carboxylic acid groups (broad SMARTS) is 1. The van der Waals surface area contributed by atoms with Gasteiger partial charge in [0.05, 0.1) is 19.6 Å². The minimum Gasteiger partial charge on any atom is -0.481 e. The van der Waals surface area contributed by atoms with Crippen LogP contribution in [0.2, 0.25) is 0 Å². The number of ether oxygens (including phenoxy) is 1. The molecule has 0 saturated carbocycles. The molecule has 4 rings (SSSR count). The number of guanidine groups is 1. The summed E-state index contributed by atoms with van der Waals surface area (Å²) < 4.78 is 5.12. The number of aliphatic carboxylic acids is 1. The Morgan fingerprint density at radius 2 is 2.24 bits per heavy atom. The van der Waals surface area contributed by atoms with Gasteiger partial charge in [0.2, 0.25) is 5.88 Å². The molecule has 0 aromatic carbocycles. The molecule has 0 bridgehead atoms. The van der Waals surface area contributed by atoms with Gasteiger partial charge in [-0.25, -0.2) is 9.97 Å². The molecule has 0 unspecified atom stereocenters. The molecule has 0 aliphatic carbocycles. The molecule has 2 aliphatic heterocycles. The summed E-state index contributed by atoms with van der Waals surface area (Å²) in [6, 6.07) is 7.30. The van der Waals surface area contributed by atoms with E-state index in [1.807, 2.05) is 11.0 Å². The molecule has 34 heavy (non-hydrogen) atoms. The lowest BCUT2D eigenvalue weighted by Gasteiger charge is -2.28. The van der Waals surface area contributed by atoms with E-state index in [9.17, 15) is 9.90 Å². The fourth-order valence-electron chi connectivity index (χ4n) is 4.52. The predicted molar refractivity (Wildman–Crippen MR) is 127 cm³/mol. The molecule has 10 nitrogen and oxygen atoms in total. The molecule has 10 heteroatoms. The minimum atomic E-state index is -0.923. The normalized spacial score (nSPS) is 17.1. The molecule has 0 spiro atoms. The Kier molecular flexibility index (Phi) is 7.42. The number of nitrogens with zero attached hydrogens (tertiary/aromatic N) is 6. The van der Waals surface area contributed by atoms with Crippen LogP contribution < -0.4 is 10.1 Å². The first-order chi connectivity index (χ1) is 16.6. The molecule has 2 aliphatic rings. The number of hydrogen-bond acceptors (Lipinski definition) is 6. The van der Waals surface area contributed by atoms with Crippen molar-refractivity contribution in [3.63, 3.8) is 0 Å². The van der Waals surface area contributed by atoms with Gasteiger partial charge in [-0.15, -0.1) is 4.95 Å². The van der Waals surface area contributed by atoms with Crippen molar-refractivity contribution < 1.29 is 14.6 Å². The van der Waals surface area contributed by atoms with Gasteiger partial charge in [0.15, 0.2) is 0 Å². The molecular weight excluding hydrogens is 434 g/mol. The molecule has 2 aromatic rings. The van der Waals surface area contributed by atoms with Gasteiger partial charge < -0.3 is 25.0 Å². The van der Waals surface area contributed by atoms with E-state index in [0.717, 1.165) is 49.3 Å². The van der Waals surface area contributed by atoms with E-state index in [1.165, 1.54) is 12.7 Å². The van der Waals surface area contributed by atoms with Crippen LogP contribution >= 0.6 is 0 Å². The van der Waals surface area contributed by atoms with E-state index in [2.05, 4.69) is 37.4 Å². The lowest BCUT2D eigenvalue weighted by molar-refractivity contribution is -0.138. The third kappa shape index (κ3) is 5.36. The molecule has 2 aromatic heterocycles. The molecule has 0 amide bonds. The summed E-state index contributed by atoms with van der Waals surface area (Å²) in [6.07, 6.45) is 5.38. The number of carboxylic acids is 1. The zero-order chi connectivity index (χ0) is 23.9. The second-order valence-electron chi connectivity index (χ2n) is 8.37. The smallest absolute Gasteiger partial charge is 0.305 e. The standard InChI is InChI=1S/C24H29N7O3/c1-25-29-24-30(12-4-6-19-9-7-17-5-3-11-26-23(17)28-19)13-14-31(24)20(15-22(32)33)18-8-10-21(34-2)27-16-18/h7-10,16,20H,3-6,11-15H2,2H3,(H,26,28)(H,32,33)/b29-24+/t20-/m0/s1. The third-order valence-corrected chi connectivity index (χ3v) is 6.20. The second-order valence-corrected chi connectivity index (χ2v) is 8.37. The minimum absolute atomic E-state index is 0.120. The predicted octanol–water partition coefficient (Wildman–Crippen LogP) is 2.80. The Hall–Kier alpha value is -3.87. The highest BCUT2D eigenvalue weighted by molar-refractivity contribution is 5.83. The summed E-state index contributed by atoms with van der Waals surface area (Å²) in [5.74, 6) is 1.04. The molecular formula is C24H29N7O3. The summed E-state index contributed by atoms with van der Waals surface area (Å²) in [6.45, 7) is 10.2. The second kappa shape index (κ2) is 10.8. The number of carbonyl (C=O) groups is 1. The van der Waals surface area contributed by atoms with E-state index in [1.54, 1.807) is 12.3 Å². The van der Waals surface area contributed by atoms with Gasteiger partial charge in [-0.2, -0.15) is 6.57 Å². The first-order valence-corrected chi connectivity index (χ1v) is 11.5. The number of nitrogens with one attached hydrogen (secondary N) is 1. The number of pyridine rings is 2. The van der Waals surface area contributed by atoms with Gasteiger partial charge in [0.1, 0.15) is 10.9 Å². The molecule has 1 atom stereocenters. The van der Waals surface area contributed by atoms with Crippen LogP contribution in [-0.2, 0) is 17.6 Å². The van der Waals surface area contributed by atoms with Crippen molar-refractivity contribution in [2.45, 2.75) is 38.1 Å². The number of anilines is 1. The van der Waals surface area contributed by atoms with Crippen molar-refractivity contribution in [3.05, 3.63) is 58.8 Å². The number of rotatable bonds is 9. The maximum atomic E-state index is 11.6. The van der Waals surface area contributed by atoms with E-state index in [4.69, 9.17) is 16.3 Å². The Balaban J connectivity index is 1.44. The van der Waals surface area contributed by atoms with Crippen molar-refractivity contribution >= 4 is 17.7 Å². The number of aryl methyl sites for hydroxylation is 2. The van der Waals surface area contributed by atoms with Crippen LogP contribution in [0.4, 0.5) is 5.82 Å². The van der Waals surface area contributed by atoms with Crippen LogP contribution in [0.1, 0.15) is 42.1 Å². The van der Waals surface area contributed by atoms with Gasteiger partial charge in [-0.1, -0.05) is 12.1 Å². The summed E-state index contributed by atoms with van der Waals surface area (Å²) in [7, 11) is 1.53. The Labute approximate surface area is 199 Å². The largest absolute Gasteiger partial charge is 0.481 e. The fourth-order valence-corrected chi connectivity index (χ4v) is 4.52. The lowest BCUT2D eigenvalue weighted by Crippen LogP contribution is -2.37. The summed E-state index contributed by atoms with van der Waals surface area (Å²) in [5.41, 5.74) is 3.06. The highest BCUT2D eigenvalue weighted by Crippen LogP contribution is 2.29. The van der Waals surface area contributed by atoms with Crippen LogP contribution in [-0.4, -0.2) is 70.1 Å². The van der Waals surface area contributed by atoms with Crippen molar-refractivity contribution in [2.24, 2.45) is 5.10 Å². The summed E-state index contributed by atoms with van der Waals surface area (Å²) in [5, 5.41) is 17.0. The average molecular weight is 464 g/mol. The average Bonchev–Trinajstić information content (AvgIpc) is 3.25. The third-order valence-electron chi connectivity index (χ3n) is 6.20. The summed E-state index contributed by atoms with van der Waals surface area (Å²) >= 11 is 0. The van der Waals surface area contributed by atoms with Crippen LogP contribution in [0.5, 0.6) is 5.88 Å². The molecule has 0 radical (unpaired) electrons. The van der Waals surface area contributed by atoms with E-state index in [-0.39, 0.29) is 6.42 Å². The maximum Gasteiger partial charge on any atom is 0.305 e. The first kappa shape index (κ1) is 23.3. The van der Waals surface area contributed by atoms with Crippen LogP contribution in [0, 0.1) is 6.57 Å². The number of aromatic nitrogens is 2. The van der Waals surface area contributed by atoms with E-state index in [0.29, 0.717) is 31.5 Å². The SMILES string of the molecule is [C-]#[N+]/N=C1\N(CCCc2ccc3c(n2)NCCC3)CCN1[C@@H](CC(=O)O)c1ccc(OC)nc1. The Morgan fingerprint density at radius 1 is 1.35 bits per heavy atom. The summed E-state index contributed by atoms with van der Waals surface area (Å²) in [4.78, 5) is 27.9. The Bertz CT molecular complexity index is 1080.